The Morgan fingerprint density at radius 1 is 1.32 bits per heavy atom. The zero-order chi connectivity index (χ0) is 17.6. The van der Waals surface area contributed by atoms with E-state index >= 15 is 0 Å². The summed E-state index contributed by atoms with van der Waals surface area (Å²) in [6, 6.07) is 6.96. The molecule has 0 unspecified atom stereocenters. The zero-order valence-corrected chi connectivity index (χ0v) is 15.7. The highest BCUT2D eigenvalue weighted by atomic mass is 16.5. The number of amides is 1. The van der Waals surface area contributed by atoms with Crippen molar-refractivity contribution in [2.45, 2.75) is 64.6 Å². The lowest BCUT2D eigenvalue weighted by Crippen LogP contribution is -2.50. The molecule has 4 rings (SSSR count). The summed E-state index contributed by atoms with van der Waals surface area (Å²) in [6.45, 7) is 9.19. The fourth-order valence-corrected chi connectivity index (χ4v) is 4.30. The summed E-state index contributed by atoms with van der Waals surface area (Å²) in [5.41, 5.74) is 2.48. The van der Waals surface area contributed by atoms with Crippen LogP contribution in [0.25, 0.3) is 0 Å². The Balaban J connectivity index is 1.35. The van der Waals surface area contributed by atoms with Gasteiger partial charge in [0.05, 0.1) is 0 Å². The van der Waals surface area contributed by atoms with Crippen LogP contribution in [0.4, 0.5) is 0 Å². The van der Waals surface area contributed by atoms with Gasteiger partial charge < -0.3 is 15.0 Å². The first-order valence-corrected chi connectivity index (χ1v) is 9.75. The number of hydrogen-bond acceptors (Lipinski definition) is 3. The molecule has 4 heteroatoms. The number of hydrogen-bond donors (Lipinski definition) is 1. The Bertz CT molecular complexity index is 666. The number of para-hydroxylation sites is 1. The average Bonchev–Trinajstić information content (AvgIpc) is 3.35. The van der Waals surface area contributed by atoms with Gasteiger partial charge >= 0.3 is 0 Å². The lowest BCUT2D eigenvalue weighted by Gasteiger charge is -2.37. The maximum absolute atomic E-state index is 12.3. The van der Waals surface area contributed by atoms with Crippen molar-refractivity contribution in [2.24, 2.45) is 11.8 Å². The van der Waals surface area contributed by atoms with Crippen LogP contribution < -0.4 is 10.1 Å². The van der Waals surface area contributed by atoms with Gasteiger partial charge in [-0.05, 0) is 44.6 Å². The number of carbonyl (C=O) groups excluding carboxylic acids is 1. The SMILES string of the molecule is C[C@H]1CN(C(=O)C2CC2)CC[C@H]1NCc1cccc2c1OC(C)(C)C2. The molecule has 25 heavy (non-hydrogen) atoms. The molecule has 0 spiro atoms. The quantitative estimate of drug-likeness (QED) is 0.914. The summed E-state index contributed by atoms with van der Waals surface area (Å²) in [6.07, 6.45) is 4.22. The van der Waals surface area contributed by atoms with Gasteiger partial charge in [-0.15, -0.1) is 0 Å². The Kier molecular flexibility index (Phi) is 4.27. The molecule has 2 heterocycles. The normalized spacial score (nSPS) is 27.7. The van der Waals surface area contributed by atoms with Crippen molar-refractivity contribution >= 4 is 5.91 Å². The molecule has 2 atom stereocenters. The number of nitrogens with zero attached hydrogens (tertiary/aromatic N) is 1. The summed E-state index contributed by atoms with van der Waals surface area (Å²) in [4.78, 5) is 14.4. The Morgan fingerprint density at radius 2 is 2.12 bits per heavy atom. The van der Waals surface area contributed by atoms with Crippen LogP contribution in [-0.2, 0) is 17.8 Å². The second kappa shape index (κ2) is 6.31. The van der Waals surface area contributed by atoms with E-state index in [0.29, 0.717) is 23.8 Å². The first-order valence-electron chi connectivity index (χ1n) is 9.75. The van der Waals surface area contributed by atoms with Crippen LogP contribution >= 0.6 is 0 Å². The third kappa shape index (κ3) is 3.55. The largest absolute Gasteiger partial charge is 0.487 e. The molecular weight excluding hydrogens is 312 g/mol. The Labute approximate surface area is 150 Å². The first-order chi connectivity index (χ1) is 11.9. The predicted octanol–water partition coefficient (Wildman–Crippen LogP) is 3.14. The summed E-state index contributed by atoms with van der Waals surface area (Å²) in [5, 5.41) is 3.73. The predicted molar refractivity (Wildman–Crippen MR) is 98.6 cm³/mol. The van der Waals surface area contributed by atoms with Crippen molar-refractivity contribution in [3.8, 4) is 5.75 Å². The van der Waals surface area contributed by atoms with Gasteiger partial charge in [0.15, 0.2) is 0 Å². The molecule has 4 nitrogen and oxygen atoms in total. The standard InChI is InChI=1S/C21H30N2O2/c1-14-13-23(20(24)15-7-8-15)10-9-18(14)22-12-17-6-4-5-16-11-21(2,3)25-19(16)17/h4-6,14-15,18,22H,7-13H2,1-3H3/t14-,18+/m0/s1. The molecule has 3 aliphatic rings. The van der Waals surface area contributed by atoms with E-state index in [1.165, 1.54) is 11.1 Å². The lowest BCUT2D eigenvalue weighted by atomic mass is 9.93. The van der Waals surface area contributed by atoms with Crippen molar-refractivity contribution in [2.75, 3.05) is 13.1 Å². The summed E-state index contributed by atoms with van der Waals surface area (Å²) >= 11 is 0. The van der Waals surface area contributed by atoms with Crippen LogP contribution in [-0.4, -0.2) is 35.5 Å². The fraction of sp³-hybridized carbons (Fsp3) is 0.667. The van der Waals surface area contributed by atoms with E-state index in [1.807, 2.05) is 0 Å². The van der Waals surface area contributed by atoms with Crippen LogP contribution in [0, 0.1) is 11.8 Å². The Morgan fingerprint density at radius 3 is 2.84 bits per heavy atom. The fourth-order valence-electron chi connectivity index (χ4n) is 4.30. The third-order valence-electron chi connectivity index (χ3n) is 5.87. The number of carbonyl (C=O) groups is 1. The number of nitrogens with one attached hydrogen (secondary N) is 1. The molecule has 1 aromatic carbocycles. The monoisotopic (exact) mass is 342 g/mol. The number of ether oxygens (including phenoxy) is 1. The maximum atomic E-state index is 12.3. The van der Waals surface area contributed by atoms with E-state index in [0.717, 1.165) is 51.1 Å². The average molecular weight is 342 g/mol. The minimum absolute atomic E-state index is 0.0970. The minimum Gasteiger partial charge on any atom is -0.487 e. The number of benzene rings is 1. The van der Waals surface area contributed by atoms with Crippen molar-refractivity contribution in [1.82, 2.24) is 10.2 Å². The molecule has 2 aliphatic heterocycles. The van der Waals surface area contributed by atoms with Gasteiger partial charge in [-0.2, -0.15) is 0 Å². The van der Waals surface area contributed by atoms with E-state index in [-0.39, 0.29) is 5.60 Å². The molecule has 1 N–H and O–H groups in total. The Hall–Kier alpha value is -1.55. The molecule has 0 radical (unpaired) electrons. The second-order valence-corrected chi connectivity index (χ2v) is 8.76. The minimum atomic E-state index is -0.0970. The molecule has 2 fully saturated rings. The highest BCUT2D eigenvalue weighted by Gasteiger charge is 2.37. The molecule has 1 aromatic rings. The van der Waals surface area contributed by atoms with E-state index in [4.69, 9.17) is 4.74 Å². The second-order valence-electron chi connectivity index (χ2n) is 8.76. The van der Waals surface area contributed by atoms with Gasteiger partial charge in [0.1, 0.15) is 11.4 Å². The number of rotatable bonds is 4. The summed E-state index contributed by atoms with van der Waals surface area (Å²) < 4.78 is 6.18. The van der Waals surface area contributed by atoms with Crippen molar-refractivity contribution in [1.29, 1.82) is 0 Å². The third-order valence-corrected chi connectivity index (χ3v) is 5.87. The first kappa shape index (κ1) is 16.9. The van der Waals surface area contributed by atoms with Gasteiger partial charge in [-0.1, -0.05) is 25.1 Å². The zero-order valence-electron chi connectivity index (χ0n) is 15.7. The molecule has 136 valence electrons. The van der Waals surface area contributed by atoms with Crippen molar-refractivity contribution in [3.05, 3.63) is 29.3 Å². The maximum Gasteiger partial charge on any atom is 0.225 e. The number of piperidine rings is 1. The molecule has 1 aliphatic carbocycles. The van der Waals surface area contributed by atoms with E-state index in [1.54, 1.807) is 0 Å². The molecule has 1 saturated carbocycles. The van der Waals surface area contributed by atoms with E-state index < -0.39 is 0 Å². The molecule has 1 amide bonds. The van der Waals surface area contributed by atoms with Crippen LogP contribution in [0.15, 0.2) is 18.2 Å². The topological polar surface area (TPSA) is 41.6 Å². The number of likely N-dealkylation sites (tertiary alicyclic amines) is 1. The van der Waals surface area contributed by atoms with Crippen molar-refractivity contribution < 1.29 is 9.53 Å². The van der Waals surface area contributed by atoms with Crippen LogP contribution in [0.5, 0.6) is 5.75 Å². The molecular formula is C21H30N2O2. The summed E-state index contributed by atoms with van der Waals surface area (Å²) in [7, 11) is 0. The van der Waals surface area contributed by atoms with Crippen LogP contribution in [0.3, 0.4) is 0 Å². The van der Waals surface area contributed by atoms with Gasteiger partial charge in [0.2, 0.25) is 5.91 Å². The van der Waals surface area contributed by atoms with E-state index in [9.17, 15) is 4.79 Å². The van der Waals surface area contributed by atoms with Crippen LogP contribution in [0.2, 0.25) is 0 Å². The molecule has 1 saturated heterocycles. The highest BCUT2D eigenvalue weighted by molar-refractivity contribution is 5.81. The van der Waals surface area contributed by atoms with E-state index in [2.05, 4.69) is 49.2 Å². The number of fused-ring (bicyclic) bond motifs is 1. The van der Waals surface area contributed by atoms with Crippen molar-refractivity contribution in [3.63, 3.8) is 0 Å². The van der Waals surface area contributed by atoms with Gasteiger partial charge in [0.25, 0.3) is 0 Å². The van der Waals surface area contributed by atoms with Gasteiger partial charge in [-0.25, -0.2) is 0 Å². The lowest BCUT2D eigenvalue weighted by molar-refractivity contribution is -0.134. The highest BCUT2D eigenvalue weighted by Crippen LogP contribution is 2.37. The van der Waals surface area contributed by atoms with Crippen LogP contribution in [0.1, 0.15) is 51.2 Å². The molecule has 0 bridgehead atoms. The smallest absolute Gasteiger partial charge is 0.225 e. The molecule has 0 aromatic heterocycles. The summed E-state index contributed by atoms with van der Waals surface area (Å²) in [5.74, 6) is 2.30. The van der Waals surface area contributed by atoms with Gasteiger partial charge in [0, 0.05) is 43.6 Å². The van der Waals surface area contributed by atoms with Gasteiger partial charge in [-0.3, -0.25) is 4.79 Å².